The molecule has 5 rings (SSSR count). The molecule has 0 unspecified atom stereocenters. The maximum absolute atomic E-state index is 12.9. The fourth-order valence-corrected chi connectivity index (χ4v) is 3.63. The zero-order valence-corrected chi connectivity index (χ0v) is 14.2. The molecule has 6 nitrogen and oxygen atoms in total. The largest absolute Gasteiger partial charge is 0.376 e. The summed E-state index contributed by atoms with van der Waals surface area (Å²) in [6.07, 6.45) is 7.47. The number of hydrogen-bond donors (Lipinski definition) is 0. The number of nitrogens with zero attached hydrogens (tertiary/aromatic N) is 4. The predicted molar refractivity (Wildman–Crippen MR) is 99.2 cm³/mol. The maximum Gasteiger partial charge on any atom is 0.261 e. The second-order valence-corrected chi connectivity index (χ2v) is 6.63. The van der Waals surface area contributed by atoms with Crippen LogP contribution >= 0.6 is 0 Å². The van der Waals surface area contributed by atoms with Crippen LogP contribution in [0.4, 0.5) is 0 Å². The van der Waals surface area contributed by atoms with E-state index in [9.17, 15) is 4.79 Å². The fraction of sp³-hybridized carbons (Fsp3) is 0.250. The van der Waals surface area contributed by atoms with Gasteiger partial charge < -0.3 is 9.30 Å². The van der Waals surface area contributed by atoms with Gasteiger partial charge in [0.2, 0.25) is 0 Å². The summed E-state index contributed by atoms with van der Waals surface area (Å²) in [6, 6.07) is 12.0. The molecule has 1 fully saturated rings. The van der Waals surface area contributed by atoms with Crippen molar-refractivity contribution in [3.8, 4) is 11.1 Å². The number of hydrogen-bond acceptors (Lipinski definition) is 4. The molecule has 1 aliphatic heterocycles. The minimum absolute atomic E-state index is 0.0517. The molecule has 0 spiro atoms. The Morgan fingerprint density at radius 1 is 1.15 bits per heavy atom. The third-order valence-electron chi connectivity index (χ3n) is 4.98. The summed E-state index contributed by atoms with van der Waals surface area (Å²) >= 11 is 0. The molecule has 26 heavy (non-hydrogen) atoms. The summed E-state index contributed by atoms with van der Waals surface area (Å²) in [5, 5.41) is 5.05. The molecule has 0 radical (unpaired) electrons. The van der Waals surface area contributed by atoms with Crippen molar-refractivity contribution in [1.29, 1.82) is 0 Å². The van der Waals surface area contributed by atoms with Crippen molar-refractivity contribution in [3.05, 3.63) is 65.3 Å². The molecular weight excluding hydrogens is 328 g/mol. The summed E-state index contributed by atoms with van der Waals surface area (Å²) < 4.78 is 9.11. The Kier molecular flexibility index (Phi) is 3.57. The van der Waals surface area contributed by atoms with Crippen molar-refractivity contribution in [2.45, 2.75) is 25.5 Å². The average Bonchev–Trinajstić information content (AvgIpc) is 3.34. The smallest absolute Gasteiger partial charge is 0.261 e. The van der Waals surface area contributed by atoms with Crippen LogP contribution in [0.1, 0.15) is 12.8 Å². The lowest BCUT2D eigenvalue weighted by molar-refractivity contribution is 0.0963. The molecule has 0 saturated carbocycles. The van der Waals surface area contributed by atoms with Crippen molar-refractivity contribution < 1.29 is 4.74 Å². The molecule has 4 heterocycles. The van der Waals surface area contributed by atoms with Crippen molar-refractivity contribution in [3.63, 3.8) is 0 Å². The zero-order valence-electron chi connectivity index (χ0n) is 14.2. The number of fused-ring (bicyclic) bond motifs is 3. The monoisotopic (exact) mass is 346 g/mol. The van der Waals surface area contributed by atoms with E-state index in [1.54, 1.807) is 21.5 Å². The number of rotatable bonds is 3. The van der Waals surface area contributed by atoms with Gasteiger partial charge in [0.25, 0.3) is 5.56 Å². The topological polar surface area (TPSA) is 61.4 Å². The molecule has 4 aromatic rings. The zero-order chi connectivity index (χ0) is 17.5. The molecule has 1 saturated heterocycles. The first kappa shape index (κ1) is 15.3. The van der Waals surface area contributed by atoms with Crippen LogP contribution in [0.2, 0.25) is 0 Å². The summed E-state index contributed by atoms with van der Waals surface area (Å²) in [6.45, 7) is 1.37. The standard InChI is InChI=1S/C20H18N4O2/c25-20-17-11-21-19-16(14-5-2-1-3-6-14)12-22-24(19)18(17)8-9-23(20)13-15-7-4-10-26-15/h1-3,5-6,8-9,11-12,15H,4,7,10,13H2/t15-/m0/s1. The van der Waals surface area contributed by atoms with Gasteiger partial charge in [-0.2, -0.15) is 5.10 Å². The lowest BCUT2D eigenvalue weighted by Crippen LogP contribution is -2.26. The molecule has 0 aliphatic carbocycles. The van der Waals surface area contributed by atoms with Crippen LogP contribution in [0.3, 0.4) is 0 Å². The Morgan fingerprint density at radius 2 is 2.04 bits per heavy atom. The van der Waals surface area contributed by atoms with Gasteiger partial charge in [0, 0.05) is 24.6 Å². The molecule has 1 aromatic carbocycles. The van der Waals surface area contributed by atoms with E-state index in [0.29, 0.717) is 11.9 Å². The normalized spacial score (nSPS) is 17.3. The van der Waals surface area contributed by atoms with E-state index < -0.39 is 0 Å². The van der Waals surface area contributed by atoms with Crippen LogP contribution in [0.25, 0.3) is 27.7 Å². The second kappa shape index (κ2) is 6.07. The van der Waals surface area contributed by atoms with Crippen LogP contribution in [0.15, 0.2) is 59.8 Å². The molecule has 6 heteroatoms. The first-order valence-corrected chi connectivity index (χ1v) is 8.84. The molecule has 0 amide bonds. The van der Waals surface area contributed by atoms with E-state index in [1.165, 1.54) is 0 Å². The van der Waals surface area contributed by atoms with Crippen molar-refractivity contribution in [1.82, 2.24) is 19.2 Å². The summed E-state index contributed by atoms with van der Waals surface area (Å²) in [5.74, 6) is 0. The van der Waals surface area contributed by atoms with E-state index >= 15 is 0 Å². The van der Waals surface area contributed by atoms with Gasteiger partial charge >= 0.3 is 0 Å². The maximum atomic E-state index is 12.9. The Hall–Kier alpha value is -2.99. The number of pyridine rings is 1. The van der Waals surface area contributed by atoms with Crippen LogP contribution in [0.5, 0.6) is 0 Å². The van der Waals surface area contributed by atoms with E-state index in [2.05, 4.69) is 10.1 Å². The van der Waals surface area contributed by atoms with Gasteiger partial charge in [0.1, 0.15) is 0 Å². The Morgan fingerprint density at radius 3 is 2.85 bits per heavy atom. The quantitative estimate of drug-likeness (QED) is 0.572. The third kappa shape index (κ3) is 2.42. The van der Waals surface area contributed by atoms with Gasteiger partial charge in [-0.1, -0.05) is 30.3 Å². The first-order chi connectivity index (χ1) is 12.8. The highest BCUT2D eigenvalue weighted by Crippen LogP contribution is 2.24. The minimum atomic E-state index is -0.0517. The molecule has 1 atom stereocenters. The molecule has 0 N–H and O–H groups in total. The average molecular weight is 346 g/mol. The van der Waals surface area contributed by atoms with Gasteiger partial charge in [-0.3, -0.25) is 4.79 Å². The molecule has 0 bridgehead atoms. The highest BCUT2D eigenvalue weighted by molar-refractivity contribution is 5.84. The Labute approximate surface area is 149 Å². The number of benzene rings is 1. The van der Waals surface area contributed by atoms with Gasteiger partial charge in [0.05, 0.1) is 29.7 Å². The van der Waals surface area contributed by atoms with Crippen LogP contribution < -0.4 is 5.56 Å². The molecule has 3 aromatic heterocycles. The van der Waals surface area contributed by atoms with Crippen LogP contribution in [-0.4, -0.2) is 31.9 Å². The lowest BCUT2D eigenvalue weighted by atomic mass is 10.1. The summed E-state index contributed by atoms with van der Waals surface area (Å²) in [5.41, 5.74) is 3.48. The lowest BCUT2D eigenvalue weighted by Gasteiger charge is -2.12. The highest BCUT2D eigenvalue weighted by atomic mass is 16.5. The van der Waals surface area contributed by atoms with Gasteiger partial charge in [-0.05, 0) is 24.5 Å². The van der Waals surface area contributed by atoms with Gasteiger partial charge in [0.15, 0.2) is 5.65 Å². The molecular formula is C20H18N4O2. The van der Waals surface area contributed by atoms with E-state index in [0.717, 1.165) is 41.7 Å². The second-order valence-electron chi connectivity index (χ2n) is 6.63. The predicted octanol–water partition coefficient (Wildman–Crippen LogP) is 2.89. The van der Waals surface area contributed by atoms with Crippen LogP contribution in [0, 0.1) is 0 Å². The summed E-state index contributed by atoms with van der Waals surface area (Å²) in [4.78, 5) is 17.4. The van der Waals surface area contributed by atoms with Crippen molar-refractivity contribution in [2.75, 3.05) is 6.61 Å². The summed E-state index contributed by atoms with van der Waals surface area (Å²) in [7, 11) is 0. The van der Waals surface area contributed by atoms with E-state index in [-0.39, 0.29) is 11.7 Å². The SMILES string of the molecule is O=c1c2cnc3c(-c4ccccc4)cnn3c2ccn1C[C@@H]1CCCO1. The molecule has 1 aliphatic rings. The number of aromatic nitrogens is 4. The van der Waals surface area contributed by atoms with E-state index in [4.69, 9.17) is 4.74 Å². The van der Waals surface area contributed by atoms with Gasteiger partial charge in [-0.25, -0.2) is 9.50 Å². The fourth-order valence-electron chi connectivity index (χ4n) is 3.63. The molecule has 130 valence electrons. The Bertz CT molecular complexity index is 1140. The van der Waals surface area contributed by atoms with Gasteiger partial charge in [-0.15, -0.1) is 0 Å². The Balaban J connectivity index is 1.64. The first-order valence-electron chi connectivity index (χ1n) is 8.84. The third-order valence-corrected chi connectivity index (χ3v) is 4.98. The number of ether oxygens (including phenoxy) is 1. The van der Waals surface area contributed by atoms with E-state index in [1.807, 2.05) is 42.6 Å². The van der Waals surface area contributed by atoms with Crippen molar-refractivity contribution >= 4 is 16.6 Å². The minimum Gasteiger partial charge on any atom is -0.376 e. The van der Waals surface area contributed by atoms with Crippen LogP contribution in [-0.2, 0) is 11.3 Å². The highest BCUT2D eigenvalue weighted by Gasteiger charge is 2.18. The van der Waals surface area contributed by atoms with Crippen molar-refractivity contribution in [2.24, 2.45) is 0 Å².